The van der Waals surface area contributed by atoms with Crippen LogP contribution in [0, 0.1) is 0 Å². The van der Waals surface area contributed by atoms with E-state index in [2.05, 4.69) is 58.9 Å². The number of nitrogens with one attached hydrogen (secondary N) is 2. The maximum absolute atomic E-state index is 10.6. The molecular weight excluding hydrogens is 483 g/mol. The molecule has 3 N–H and O–H groups in total. The summed E-state index contributed by atoms with van der Waals surface area (Å²) in [6.07, 6.45) is 2.04. The quantitative estimate of drug-likeness (QED) is 0.205. The minimum Gasteiger partial charge on any atom is -0.383 e. The number of rotatable bonds is 9. The van der Waals surface area contributed by atoms with Crippen molar-refractivity contribution in [2.24, 2.45) is 4.99 Å². The summed E-state index contributed by atoms with van der Waals surface area (Å²) in [6, 6.07) is 12.6. The summed E-state index contributed by atoms with van der Waals surface area (Å²) < 4.78 is 0. The van der Waals surface area contributed by atoms with Gasteiger partial charge in [0, 0.05) is 37.7 Å². The summed E-state index contributed by atoms with van der Waals surface area (Å²) in [5.74, 6) is 0.747. The molecule has 1 unspecified atom stereocenters. The Labute approximate surface area is 190 Å². The van der Waals surface area contributed by atoms with E-state index in [-0.39, 0.29) is 24.0 Å². The summed E-state index contributed by atoms with van der Waals surface area (Å²) >= 11 is 1.55. The highest BCUT2D eigenvalue weighted by molar-refractivity contribution is 14.0. The van der Waals surface area contributed by atoms with Crippen molar-refractivity contribution < 1.29 is 5.11 Å². The standard InChI is InChI=1S/C21H32N4OS.HI/c1-5-22-20(24-16-21(2,26)19-9-7-15-27-19)23-14-6-8-17-10-12-18(13-11-17)25(3)4;/h7,9-13,15,26H,5-6,8,14,16H2,1-4H3,(H2,22,23,24);1H. The SMILES string of the molecule is CCNC(=NCC(C)(O)c1cccs1)NCCCc1ccc(N(C)C)cc1.I. The molecule has 1 aromatic carbocycles. The van der Waals surface area contributed by atoms with Crippen LogP contribution in [0.4, 0.5) is 5.69 Å². The van der Waals surface area contributed by atoms with Gasteiger partial charge in [0.05, 0.1) is 6.54 Å². The van der Waals surface area contributed by atoms with Crippen molar-refractivity contribution in [2.45, 2.75) is 32.3 Å². The molecule has 1 heterocycles. The van der Waals surface area contributed by atoms with Crippen molar-refractivity contribution in [1.82, 2.24) is 10.6 Å². The fourth-order valence-electron chi connectivity index (χ4n) is 2.70. The molecule has 0 aliphatic carbocycles. The number of aryl methyl sites for hydroxylation is 1. The Morgan fingerprint density at radius 1 is 1.18 bits per heavy atom. The first-order chi connectivity index (χ1) is 12.9. The van der Waals surface area contributed by atoms with Gasteiger partial charge in [-0.3, -0.25) is 0 Å². The predicted molar refractivity (Wildman–Crippen MR) is 132 cm³/mol. The average molecular weight is 516 g/mol. The lowest BCUT2D eigenvalue weighted by molar-refractivity contribution is 0.0711. The van der Waals surface area contributed by atoms with E-state index in [1.165, 1.54) is 11.3 Å². The van der Waals surface area contributed by atoms with Gasteiger partial charge in [-0.25, -0.2) is 4.99 Å². The number of anilines is 1. The molecule has 1 atom stereocenters. The number of halogens is 1. The Hall–Kier alpha value is -1.32. The highest BCUT2D eigenvalue weighted by Crippen LogP contribution is 2.25. The maximum Gasteiger partial charge on any atom is 0.191 e. The van der Waals surface area contributed by atoms with Gasteiger partial charge in [0.2, 0.25) is 0 Å². The molecule has 28 heavy (non-hydrogen) atoms. The molecule has 0 amide bonds. The Bertz CT molecular complexity index is 700. The first-order valence-corrected chi connectivity index (χ1v) is 10.3. The van der Waals surface area contributed by atoms with Crippen LogP contribution in [0.25, 0.3) is 0 Å². The normalized spacial score (nSPS) is 13.4. The van der Waals surface area contributed by atoms with Gasteiger partial charge in [-0.1, -0.05) is 18.2 Å². The van der Waals surface area contributed by atoms with E-state index in [0.29, 0.717) is 6.54 Å². The van der Waals surface area contributed by atoms with Crippen molar-refractivity contribution in [2.75, 3.05) is 38.6 Å². The molecule has 0 aliphatic heterocycles. The number of nitrogens with zero attached hydrogens (tertiary/aromatic N) is 2. The zero-order chi connectivity index (χ0) is 19.7. The zero-order valence-corrected chi connectivity index (χ0v) is 20.4. The van der Waals surface area contributed by atoms with Gasteiger partial charge >= 0.3 is 0 Å². The molecule has 0 saturated carbocycles. The number of hydrogen-bond acceptors (Lipinski definition) is 4. The van der Waals surface area contributed by atoms with Gasteiger partial charge in [-0.2, -0.15) is 0 Å². The second-order valence-corrected chi connectivity index (χ2v) is 7.99. The van der Waals surface area contributed by atoms with Crippen molar-refractivity contribution in [3.8, 4) is 0 Å². The molecule has 5 nitrogen and oxygen atoms in total. The van der Waals surface area contributed by atoms with E-state index in [9.17, 15) is 5.11 Å². The van der Waals surface area contributed by atoms with E-state index in [4.69, 9.17) is 0 Å². The van der Waals surface area contributed by atoms with Crippen LogP contribution in [0.2, 0.25) is 0 Å². The first-order valence-electron chi connectivity index (χ1n) is 9.47. The molecule has 0 aliphatic rings. The van der Waals surface area contributed by atoms with Crippen molar-refractivity contribution >= 4 is 47.0 Å². The molecule has 1 aromatic heterocycles. The Kier molecular flexibility index (Phi) is 10.8. The third-order valence-corrected chi connectivity index (χ3v) is 5.45. The van der Waals surface area contributed by atoms with Gasteiger partial charge in [0.15, 0.2) is 5.96 Å². The molecule has 156 valence electrons. The fourth-order valence-corrected chi connectivity index (χ4v) is 3.48. The Balaban J connectivity index is 0.00000392. The van der Waals surface area contributed by atoms with Crippen LogP contribution in [-0.4, -0.2) is 44.8 Å². The molecule has 0 radical (unpaired) electrons. The lowest BCUT2D eigenvalue weighted by Crippen LogP contribution is -2.39. The van der Waals surface area contributed by atoms with Crippen LogP contribution >= 0.6 is 35.3 Å². The largest absolute Gasteiger partial charge is 0.383 e. The fraction of sp³-hybridized carbons (Fsp3) is 0.476. The van der Waals surface area contributed by atoms with Crippen LogP contribution in [0.15, 0.2) is 46.8 Å². The van der Waals surface area contributed by atoms with Gasteiger partial charge in [0.1, 0.15) is 5.60 Å². The van der Waals surface area contributed by atoms with Gasteiger partial charge in [-0.05, 0) is 55.8 Å². The average Bonchev–Trinajstić information content (AvgIpc) is 3.19. The highest BCUT2D eigenvalue weighted by atomic mass is 127. The van der Waals surface area contributed by atoms with E-state index >= 15 is 0 Å². The molecular formula is C21H33IN4OS. The summed E-state index contributed by atoms with van der Waals surface area (Å²) in [6.45, 7) is 5.81. The van der Waals surface area contributed by atoms with E-state index < -0.39 is 5.60 Å². The molecule has 0 spiro atoms. The lowest BCUT2D eigenvalue weighted by atomic mass is 10.1. The second-order valence-electron chi connectivity index (χ2n) is 7.04. The van der Waals surface area contributed by atoms with E-state index in [1.54, 1.807) is 11.3 Å². The van der Waals surface area contributed by atoms with Gasteiger partial charge < -0.3 is 20.6 Å². The summed E-state index contributed by atoms with van der Waals surface area (Å²) in [5, 5.41) is 19.2. The van der Waals surface area contributed by atoms with Crippen molar-refractivity contribution in [1.29, 1.82) is 0 Å². The van der Waals surface area contributed by atoms with Crippen LogP contribution in [-0.2, 0) is 12.0 Å². The maximum atomic E-state index is 10.6. The molecule has 0 bridgehead atoms. The van der Waals surface area contributed by atoms with Crippen LogP contribution in [0.1, 0.15) is 30.7 Å². The lowest BCUT2D eigenvalue weighted by Gasteiger charge is -2.20. The number of aliphatic imine (C=N–C) groups is 1. The summed E-state index contributed by atoms with van der Waals surface area (Å²) in [5.41, 5.74) is 1.62. The van der Waals surface area contributed by atoms with Crippen LogP contribution < -0.4 is 15.5 Å². The van der Waals surface area contributed by atoms with Crippen LogP contribution in [0.5, 0.6) is 0 Å². The number of thiophene rings is 1. The third kappa shape index (κ3) is 7.97. The van der Waals surface area contributed by atoms with Gasteiger partial charge in [-0.15, -0.1) is 35.3 Å². The topological polar surface area (TPSA) is 59.9 Å². The monoisotopic (exact) mass is 516 g/mol. The van der Waals surface area contributed by atoms with Crippen LogP contribution in [0.3, 0.4) is 0 Å². The highest BCUT2D eigenvalue weighted by Gasteiger charge is 2.23. The number of benzene rings is 1. The third-order valence-electron chi connectivity index (χ3n) is 4.33. The Morgan fingerprint density at radius 2 is 1.89 bits per heavy atom. The van der Waals surface area contributed by atoms with Crippen molar-refractivity contribution in [3.05, 3.63) is 52.2 Å². The zero-order valence-electron chi connectivity index (χ0n) is 17.2. The van der Waals surface area contributed by atoms with Crippen molar-refractivity contribution in [3.63, 3.8) is 0 Å². The Morgan fingerprint density at radius 3 is 2.46 bits per heavy atom. The summed E-state index contributed by atoms with van der Waals surface area (Å²) in [4.78, 5) is 7.60. The van der Waals surface area contributed by atoms with Gasteiger partial charge in [0.25, 0.3) is 0 Å². The summed E-state index contributed by atoms with van der Waals surface area (Å²) in [7, 11) is 4.10. The molecule has 7 heteroatoms. The first kappa shape index (κ1) is 24.7. The second kappa shape index (κ2) is 12.3. The minimum atomic E-state index is -0.940. The van der Waals surface area contributed by atoms with E-state index in [0.717, 1.165) is 36.8 Å². The smallest absolute Gasteiger partial charge is 0.191 e. The number of aliphatic hydroxyl groups is 1. The molecule has 2 aromatic rings. The molecule has 0 saturated heterocycles. The number of guanidine groups is 1. The minimum absolute atomic E-state index is 0. The molecule has 0 fully saturated rings. The molecule has 2 rings (SSSR count). The number of hydrogen-bond donors (Lipinski definition) is 3. The predicted octanol–water partition coefficient (Wildman–Crippen LogP) is 3.83. The van der Waals surface area contributed by atoms with E-state index in [1.807, 2.05) is 31.4 Å².